The van der Waals surface area contributed by atoms with Crippen molar-refractivity contribution in [3.8, 4) is 34.6 Å². The number of aliphatic hydroxyl groups is 1. The van der Waals surface area contributed by atoms with Gasteiger partial charge in [0.1, 0.15) is 30.0 Å². The van der Waals surface area contributed by atoms with Crippen LogP contribution in [0.5, 0.6) is 11.5 Å². The minimum Gasteiger partial charge on any atom is -0.507 e. The lowest BCUT2D eigenvalue weighted by atomic mass is 10.1. The number of nitrogens with zero attached hydrogens (tertiary/aromatic N) is 6. The van der Waals surface area contributed by atoms with Gasteiger partial charge in [0, 0.05) is 34.2 Å². The number of aromatic nitrogens is 5. The number of ether oxygens (including phenoxy) is 1. The van der Waals surface area contributed by atoms with E-state index >= 15 is 0 Å². The number of carbonyl (C=O) groups excluding carboxylic acids is 1. The van der Waals surface area contributed by atoms with Crippen LogP contribution in [0.15, 0.2) is 101 Å². The highest BCUT2D eigenvalue weighted by Crippen LogP contribution is 2.36. The molecule has 0 aliphatic rings. The number of urea groups is 1. The summed E-state index contributed by atoms with van der Waals surface area (Å²) in [5.74, 6) is 1.57. The van der Waals surface area contributed by atoms with Gasteiger partial charge in [-0.05, 0) is 74.2 Å². The van der Waals surface area contributed by atoms with Gasteiger partial charge in [-0.1, -0.05) is 42.1 Å². The molecule has 254 valence electrons. The molecule has 6 rings (SSSR count). The number of fused-ring (bicyclic) bond motifs is 1. The van der Waals surface area contributed by atoms with E-state index in [9.17, 15) is 15.2 Å². The van der Waals surface area contributed by atoms with Crippen molar-refractivity contribution in [1.82, 2.24) is 29.7 Å². The predicted octanol–water partition coefficient (Wildman–Crippen LogP) is 6.60. The first-order valence-corrected chi connectivity index (χ1v) is 17.6. The molecule has 3 heterocycles. The quantitative estimate of drug-likeness (QED) is 0.109. The molecule has 3 aromatic carbocycles. The number of amides is 2. The van der Waals surface area contributed by atoms with E-state index in [-0.39, 0.29) is 35.8 Å². The fourth-order valence-electron chi connectivity index (χ4n) is 5.04. The third kappa shape index (κ3) is 7.55. The summed E-state index contributed by atoms with van der Waals surface area (Å²) in [5, 5.41) is 48.0. The van der Waals surface area contributed by atoms with Crippen LogP contribution in [0.25, 0.3) is 22.7 Å². The Morgan fingerprint density at radius 2 is 1.88 bits per heavy atom. The van der Waals surface area contributed by atoms with Crippen LogP contribution in [-0.2, 0) is 11.3 Å². The largest absolute Gasteiger partial charge is 0.507 e. The first kappa shape index (κ1) is 34.4. The maximum absolute atomic E-state index is 13.3. The zero-order valence-corrected chi connectivity index (χ0v) is 29.1. The number of hydrogen-bond donors (Lipinski definition) is 4. The Bertz CT molecular complexity index is 2210. The maximum atomic E-state index is 13.3. The average molecular weight is 707 g/mol. The van der Waals surface area contributed by atoms with Gasteiger partial charge in [0.15, 0.2) is 11.5 Å². The fourth-order valence-corrected chi connectivity index (χ4v) is 6.32. The number of phenols is 1. The Kier molecular flexibility index (Phi) is 10.3. The lowest BCUT2D eigenvalue weighted by molar-refractivity contribution is 0.201. The van der Waals surface area contributed by atoms with Gasteiger partial charge in [0.25, 0.3) is 0 Å². The molecule has 0 saturated heterocycles. The SMILES string of the molecule is CSC(C)(C)c1cc(NC(=O)NCc2ccccc2Sc2ccc3nnc(-c4cccc(OCCO)c4)n3c2)n(-c2ccc(O)c(C#N)c2)n1. The van der Waals surface area contributed by atoms with E-state index in [4.69, 9.17) is 14.9 Å². The van der Waals surface area contributed by atoms with E-state index in [0.29, 0.717) is 28.7 Å². The van der Waals surface area contributed by atoms with Crippen LogP contribution in [0.2, 0.25) is 0 Å². The van der Waals surface area contributed by atoms with E-state index in [0.717, 1.165) is 26.6 Å². The van der Waals surface area contributed by atoms with Gasteiger partial charge in [-0.15, -0.1) is 10.2 Å². The molecule has 0 bridgehead atoms. The number of nitriles is 1. The summed E-state index contributed by atoms with van der Waals surface area (Å²) >= 11 is 3.18. The third-order valence-corrected chi connectivity index (χ3v) is 10.2. The van der Waals surface area contributed by atoms with Gasteiger partial charge in [-0.2, -0.15) is 22.1 Å². The van der Waals surface area contributed by atoms with Crippen molar-refractivity contribution in [3.05, 3.63) is 108 Å². The number of aromatic hydroxyl groups is 1. The standard InChI is InChI=1S/C36H34N8O4S2/c1-36(2,49-3)31-19-33(44(42-31)26-11-13-29(46)25(17-26)20-37)39-35(47)38-21-24-7-4-5-10-30(24)50-28-12-14-32-40-41-34(43(32)22-28)23-8-6-9-27(18-23)48-16-15-45/h4-14,17-19,22,45-46H,15-16,21H2,1-3H3,(H2,38,39,47). The summed E-state index contributed by atoms with van der Waals surface area (Å²) in [4.78, 5) is 15.2. The predicted molar refractivity (Wildman–Crippen MR) is 194 cm³/mol. The highest BCUT2D eigenvalue weighted by molar-refractivity contribution is 7.99. The van der Waals surface area contributed by atoms with E-state index in [1.165, 1.54) is 12.1 Å². The monoisotopic (exact) mass is 706 g/mol. The molecule has 50 heavy (non-hydrogen) atoms. The number of thioether (sulfide) groups is 1. The molecule has 12 nitrogen and oxygen atoms in total. The topological polar surface area (TPSA) is 163 Å². The Balaban J connectivity index is 1.20. The molecule has 0 spiro atoms. The van der Waals surface area contributed by atoms with Crippen LogP contribution in [0.1, 0.15) is 30.7 Å². The van der Waals surface area contributed by atoms with Crippen LogP contribution < -0.4 is 15.4 Å². The van der Waals surface area contributed by atoms with E-state index in [1.54, 1.807) is 34.3 Å². The number of nitrogens with one attached hydrogen (secondary N) is 2. The van der Waals surface area contributed by atoms with Crippen molar-refractivity contribution in [1.29, 1.82) is 5.26 Å². The summed E-state index contributed by atoms with van der Waals surface area (Å²) in [6, 6.07) is 27.2. The third-order valence-electron chi connectivity index (χ3n) is 7.89. The molecule has 0 radical (unpaired) electrons. The highest BCUT2D eigenvalue weighted by atomic mass is 32.2. The Morgan fingerprint density at radius 1 is 1.04 bits per heavy atom. The van der Waals surface area contributed by atoms with Crippen LogP contribution in [-0.4, -0.2) is 60.1 Å². The number of rotatable bonds is 12. The number of hydrogen-bond acceptors (Lipinski definition) is 10. The molecule has 0 saturated carbocycles. The van der Waals surface area contributed by atoms with Crippen molar-refractivity contribution >= 4 is 41.0 Å². The first-order chi connectivity index (χ1) is 24.2. The van der Waals surface area contributed by atoms with Crippen LogP contribution in [0.4, 0.5) is 10.6 Å². The van der Waals surface area contributed by atoms with Crippen molar-refractivity contribution in [2.24, 2.45) is 0 Å². The van der Waals surface area contributed by atoms with Gasteiger partial charge >= 0.3 is 6.03 Å². The molecule has 0 aliphatic heterocycles. The van der Waals surface area contributed by atoms with Crippen molar-refractivity contribution in [2.75, 3.05) is 24.8 Å². The smallest absolute Gasteiger partial charge is 0.320 e. The van der Waals surface area contributed by atoms with Gasteiger partial charge in [0.05, 0.1) is 28.3 Å². The molecule has 14 heteroatoms. The minimum absolute atomic E-state index is 0.0738. The van der Waals surface area contributed by atoms with Crippen LogP contribution in [0.3, 0.4) is 0 Å². The van der Waals surface area contributed by atoms with Gasteiger partial charge < -0.3 is 20.3 Å². The number of phenolic OH excluding ortho intramolecular Hbond substituents is 1. The zero-order chi connectivity index (χ0) is 35.3. The van der Waals surface area contributed by atoms with Crippen LogP contribution in [0, 0.1) is 11.3 Å². The molecular weight excluding hydrogens is 673 g/mol. The molecule has 0 atom stereocenters. The molecule has 0 unspecified atom stereocenters. The molecule has 4 N–H and O–H groups in total. The van der Waals surface area contributed by atoms with Gasteiger partial charge in [-0.3, -0.25) is 9.72 Å². The summed E-state index contributed by atoms with van der Waals surface area (Å²) in [6.45, 7) is 4.46. The second-order valence-corrected chi connectivity index (χ2v) is 14.1. The molecule has 6 aromatic rings. The lowest BCUT2D eigenvalue weighted by Crippen LogP contribution is -2.29. The average Bonchev–Trinajstić information content (AvgIpc) is 3.75. The molecule has 2 amide bonds. The number of aliphatic hydroxyl groups excluding tert-OH is 1. The zero-order valence-electron chi connectivity index (χ0n) is 27.5. The van der Waals surface area contributed by atoms with Crippen molar-refractivity contribution in [3.63, 3.8) is 0 Å². The fraction of sp³-hybridized carbons (Fsp3) is 0.194. The highest BCUT2D eigenvalue weighted by Gasteiger charge is 2.25. The summed E-state index contributed by atoms with van der Waals surface area (Å²) in [6.07, 6.45) is 3.96. The number of carbonyl (C=O) groups is 1. The number of pyridine rings is 1. The normalized spacial score (nSPS) is 11.3. The lowest BCUT2D eigenvalue weighted by Gasteiger charge is -2.18. The second-order valence-electron chi connectivity index (χ2n) is 11.6. The van der Waals surface area contributed by atoms with Gasteiger partial charge in [-0.25, -0.2) is 9.48 Å². The Labute approximate surface area is 297 Å². The van der Waals surface area contributed by atoms with Gasteiger partial charge in [0.2, 0.25) is 0 Å². The maximum Gasteiger partial charge on any atom is 0.320 e. The first-order valence-electron chi connectivity index (χ1n) is 15.6. The summed E-state index contributed by atoms with van der Waals surface area (Å²) in [5.41, 5.74) is 3.80. The molecular formula is C36H34N8O4S2. The van der Waals surface area contributed by atoms with Crippen LogP contribution >= 0.6 is 23.5 Å². The minimum atomic E-state index is -0.431. The Hall–Kier alpha value is -5.49. The molecule has 3 aromatic heterocycles. The second kappa shape index (κ2) is 15.0. The van der Waals surface area contributed by atoms with Crippen molar-refractivity contribution < 1.29 is 19.7 Å². The summed E-state index contributed by atoms with van der Waals surface area (Å²) < 4.78 is 8.72. The molecule has 0 fully saturated rings. The van der Waals surface area contributed by atoms with E-state index in [1.807, 2.05) is 104 Å². The van der Waals surface area contributed by atoms with E-state index < -0.39 is 6.03 Å². The number of benzene rings is 3. The van der Waals surface area contributed by atoms with E-state index in [2.05, 4.69) is 20.8 Å². The Morgan fingerprint density at radius 3 is 2.68 bits per heavy atom. The molecule has 0 aliphatic carbocycles. The number of anilines is 1. The summed E-state index contributed by atoms with van der Waals surface area (Å²) in [7, 11) is 0. The van der Waals surface area contributed by atoms with Crippen molar-refractivity contribution in [2.45, 2.75) is 34.9 Å².